The van der Waals surface area contributed by atoms with Crippen LogP contribution in [0.3, 0.4) is 0 Å². The lowest BCUT2D eigenvalue weighted by Crippen LogP contribution is -2.41. The molecule has 2 fully saturated rings. The summed E-state index contributed by atoms with van der Waals surface area (Å²) in [6.07, 6.45) is 4.58. The molecule has 0 radical (unpaired) electrons. The van der Waals surface area contributed by atoms with E-state index in [9.17, 15) is 4.79 Å². The van der Waals surface area contributed by atoms with Crippen molar-refractivity contribution in [1.29, 1.82) is 0 Å². The SMILES string of the molecule is O=C(NC1CC1)[C@H]1CCCNC1. The van der Waals surface area contributed by atoms with Crippen LogP contribution >= 0.6 is 0 Å². The van der Waals surface area contributed by atoms with E-state index in [1.165, 1.54) is 12.8 Å². The first-order valence-electron chi connectivity index (χ1n) is 4.87. The topological polar surface area (TPSA) is 41.1 Å². The summed E-state index contributed by atoms with van der Waals surface area (Å²) in [7, 11) is 0. The van der Waals surface area contributed by atoms with Gasteiger partial charge in [0.05, 0.1) is 5.92 Å². The Morgan fingerprint density at radius 3 is 2.75 bits per heavy atom. The van der Waals surface area contributed by atoms with Gasteiger partial charge < -0.3 is 10.6 Å². The van der Waals surface area contributed by atoms with Crippen molar-refractivity contribution >= 4 is 5.91 Å². The zero-order chi connectivity index (χ0) is 8.39. The second-order valence-corrected chi connectivity index (χ2v) is 3.83. The van der Waals surface area contributed by atoms with Crippen molar-refractivity contribution in [2.24, 2.45) is 5.92 Å². The Bertz CT molecular complexity index is 171. The molecule has 2 aliphatic rings. The minimum Gasteiger partial charge on any atom is -0.353 e. The summed E-state index contributed by atoms with van der Waals surface area (Å²) in [6, 6.07) is 0.513. The fraction of sp³-hybridized carbons (Fsp3) is 0.889. The summed E-state index contributed by atoms with van der Waals surface area (Å²) < 4.78 is 0. The van der Waals surface area contributed by atoms with Gasteiger partial charge in [-0.1, -0.05) is 0 Å². The lowest BCUT2D eigenvalue weighted by Gasteiger charge is -2.21. The van der Waals surface area contributed by atoms with Gasteiger partial charge in [-0.15, -0.1) is 0 Å². The van der Waals surface area contributed by atoms with Crippen LogP contribution in [0.15, 0.2) is 0 Å². The molecule has 1 saturated carbocycles. The van der Waals surface area contributed by atoms with E-state index in [0.29, 0.717) is 6.04 Å². The van der Waals surface area contributed by atoms with Gasteiger partial charge in [0, 0.05) is 12.6 Å². The van der Waals surface area contributed by atoms with Crippen molar-refractivity contribution in [3.8, 4) is 0 Å². The number of piperidine rings is 1. The molecule has 1 saturated heterocycles. The Labute approximate surface area is 72.9 Å². The van der Waals surface area contributed by atoms with Crippen LogP contribution < -0.4 is 10.6 Å². The molecule has 1 aliphatic heterocycles. The molecule has 0 unspecified atom stereocenters. The summed E-state index contributed by atoms with van der Waals surface area (Å²) in [6.45, 7) is 1.95. The first-order chi connectivity index (χ1) is 5.86. The van der Waals surface area contributed by atoms with E-state index in [1.54, 1.807) is 0 Å². The largest absolute Gasteiger partial charge is 0.353 e. The highest BCUT2D eigenvalue weighted by molar-refractivity contribution is 5.79. The molecule has 1 atom stereocenters. The summed E-state index contributed by atoms with van der Waals surface area (Å²) in [5.41, 5.74) is 0. The number of rotatable bonds is 2. The highest BCUT2D eigenvalue weighted by Gasteiger charge is 2.27. The van der Waals surface area contributed by atoms with Crippen molar-refractivity contribution in [1.82, 2.24) is 10.6 Å². The van der Waals surface area contributed by atoms with E-state index in [1.807, 2.05) is 0 Å². The van der Waals surface area contributed by atoms with Gasteiger partial charge in [0.1, 0.15) is 0 Å². The molecule has 3 nitrogen and oxygen atoms in total. The summed E-state index contributed by atoms with van der Waals surface area (Å²) in [5, 5.41) is 6.29. The van der Waals surface area contributed by atoms with Crippen LogP contribution in [0.25, 0.3) is 0 Å². The minimum absolute atomic E-state index is 0.236. The van der Waals surface area contributed by atoms with Crippen LogP contribution in [0.1, 0.15) is 25.7 Å². The summed E-state index contributed by atoms with van der Waals surface area (Å²) in [4.78, 5) is 11.5. The highest BCUT2D eigenvalue weighted by Crippen LogP contribution is 2.20. The fourth-order valence-corrected chi connectivity index (χ4v) is 1.62. The molecule has 0 aromatic rings. The molecule has 0 spiro atoms. The molecule has 12 heavy (non-hydrogen) atoms. The Balaban J connectivity index is 1.76. The van der Waals surface area contributed by atoms with E-state index in [0.717, 1.165) is 25.9 Å². The number of amides is 1. The highest BCUT2D eigenvalue weighted by atomic mass is 16.2. The van der Waals surface area contributed by atoms with Crippen molar-refractivity contribution in [2.45, 2.75) is 31.7 Å². The smallest absolute Gasteiger partial charge is 0.224 e. The fourth-order valence-electron chi connectivity index (χ4n) is 1.62. The van der Waals surface area contributed by atoms with Crippen LogP contribution in [0.4, 0.5) is 0 Å². The van der Waals surface area contributed by atoms with Gasteiger partial charge in [0.25, 0.3) is 0 Å². The van der Waals surface area contributed by atoms with Crippen molar-refractivity contribution in [3.63, 3.8) is 0 Å². The molecular weight excluding hydrogens is 152 g/mol. The van der Waals surface area contributed by atoms with E-state index < -0.39 is 0 Å². The number of carbonyl (C=O) groups excluding carboxylic acids is 1. The Kier molecular flexibility index (Phi) is 2.30. The number of hydrogen-bond acceptors (Lipinski definition) is 2. The van der Waals surface area contributed by atoms with Crippen LogP contribution in [-0.2, 0) is 4.79 Å². The number of nitrogens with one attached hydrogen (secondary N) is 2. The standard InChI is InChI=1S/C9H16N2O/c12-9(11-8-3-4-8)7-2-1-5-10-6-7/h7-8,10H,1-6H2,(H,11,12)/t7-/m0/s1. The quantitative estimate of drug-likeness (QED) is 0.621. The van der Waals surface area contributed by atoms with Crippen LogP contribution in [-0.4, -0.2) is 25.0 Å². The predicted octanol–water partition coefficient (Wildman–Crippen LogP) is 0.265. The second-order valence-electron chi connectivity index (χ2n) is 3.83. The molecule has 0 bridgehead atoms. The average molecular weight is 168 g/mol. The van der Waals surface area contributed by atoms with Gasteiger partial charge in [-0.25, -0.2) is 0 Å². The molecule has 3 heteroatoms. The molecule has 1 amide bonds. The molecule has 2 N–H and O–H groups in total. The lowest BCUT2D eigenvalue weighted by atomic mass is 9.99. The Hall–Kier alpha value is -0.570. The number of carbonyl (C=O) groups is 1. The van der Waals surface area contributed by atoms with Crippen LogP contribution in [0, 0.1) is 5.92 Å². The molecule has 0 aromatic heterocycles. The monoisotopic (exact) mass is 168 g/mol. The second kappa shape index (κ2) is 3.44. The van der Waals surface area contributed by atoms with Gasteiger partial charge >= 0.3 is 0 Å². The maximum atomic E-state index is 11.5. The van der Waals surface area contributed by atoms with Gasteiger partial charge in [0.2, 0.25) is 5.91 Å². The third-order valence-corrected chi connectivity index (χ3v) is 2.59. The Morgan fingerprint density at radius 2 is 2.17 bits per heavy atom. The van der Waals surface area contributed by atoms with E-state index in [4.69, 9.17) is 0 Å². The first-order valence-corrected chi connectivity index (χ1v) is 4.87. The maximum absolute atomic E-state index is 11.5. The van der Waals surface area contributed by atoms with E-state index in [2.05, 4.69) is 10.6 Å². The minimum atomic E-state index is 0.236. The van der Waals surface area contributed by atoms with Gasteiger partial charge in [-0.05, 0) is 32.2 Å². The zero-order valence-corrected chi connectivity index (χ0v) is 7.31. The third-order valence-electron chi connectivity index (χ3n) is 2.59. The molecule has 1 heterocycles. The first kappa shape index (κ1) is 8.05. The molecule has 0 aromatic carbocycles. The van der Waals surface area contributed by atoms with Gasteiger partial charge in [0.15, 0.2) is 0 Å². The lowest BCUT2D eigenvalue weighted by molar-refractivity contribution is -0.125. The van der Waals surface area contributed by atoms with Gasteiger partial charge in [-0.3, -0.25) is 4.79 Å². The molecule has 68 valence electrons. The van der Waals surface area contributed by atoms with Crippen LogP contribution in [0.5, 0.6) is 0 Å². The van der Waals surface area contributed by atoms with Crippen molar-refractivity contribution < 1.29 is 4.79 Å². The van der Waals surface area contributed by atoms with E-state index in [-0.39, 0.29) is 11.8 Å². The van der Waals surface area contributed by atoms with Crippen LogP contribution in [0.2, 0.25) is 0 Å². The normalized spacial score (nSPS) is 29.8. The van der Waals surface area contributed by atoms with E-state index >= 15 is 0 Å². The van der Waals surface area contributed by atoms with Crippen molar-refractivity contribution in [2.75, 3.05) is 13.1 Å². The molecule has 1 aliphatic carbocycles. The molecule has 2 rings (SSSR count). The number of hydrogen-bond donors (Lipinski definition) is 2. The van der Waals surface area contributed by atoms with Crippen molar-refractivity contribution in [3.05, 3.63) is 0 Å². The predicted molar refractivity (Wildman–Crippen MR) is 46.8 cm³/mol. The summed E-state index contributed by atoms with van der Waals surface area (Å²) in [5.74, 6) is 0.504. The average Bonchev–Trinajstić information content (AvgIpc) is 2.90. The third kappa shape index (κ3) is 1.97. The maximum Gasteiger partial charge on any atom is 0.224 e. The summed E-state index contributed by atoms with van der Waals surface area (Å²) >= 11 is 0. The Morgan fingerprint density at radius 1 is 1.33 bits per heavy atom. The zero-order valence-electron chi connectivity index (χ0n) is 7.31. The van der Waals surface area contributed by atoms with Gasteiger partial charge in [-0.2, -0.15) is 0 Å². The molecular formula is C9H16N2O.